The summed E-state index contributed by atoms with van der Waals surface area (Å²) in [6.45, 7) is 1.78. The first-order chi connectivity index (χ1) is 6.06. The van der Waals surface area contributed by atoms with Crippen LogP contribution in [-0.2, 0) is 0 Å². The highest BCUT2D eigenvalue weighted by Crippen LogP contribution is 2.25. The van der Waals surface area contributed by atoms with E-state index in [0.717, 1.165) is 5.56 Å². The molecule has 0 aliphatic carbocycles. The maximum Gasteiger partial charge on any atom is 0.183 e. The molecule has 0 aliphatic rings. The van der Waals surface area contributed by atoms with Crippen LogP contribution in [0.4, 0.5) is 5.69 Å². The van der Waals surface area contributed by atoms with Crippen molar-refractivity contribution in [1.29, 1.82) is 0 Å². The molecule has 1 aromatic rings. The Bertz CT molecular complexity index is 326. The van der Waals surface area contributed by atoms with Crippen molar-refractivity contribution in [2.45, 2.75) is 6.92 Å². The fourth-order valence-corrected chi connectivity index (χ4v) is 1.30. The molecule has 3 nitrogen and oxygen atoms in total. The number of phenols is 1. The van der Waals surface area contributed by atoms with E-state index in [-0.39, 0.29) is 28.7 Å². The average Bonchev–Trinajstić information content (AvgIpc) is 2.02. The van der Waals surface area contributed by atoms with Crippen molar-refractivity contribution in [2.24, 2.45) is 0 Å². The van der Waals surface area contributed by atoms with Crippen LogP contribution in [0.2, 0.25) is 0 Å². The molecule has 0 bridgehead atoms. The Balaban J connectivity index is 3.28. The summed E-state index contributed by atoms with van der Waals surface area (Å²) >= 11 is 5.35. The molecule has 3 N–H and O–H groups in total. The van der Waals surface area contributed by atoms with Gasteiger partial charge in [0.05, 0.1) is 11.4 Å². The number of carbonyl (C=O) groups excluding carboxylic acids is 1. The minimum atomic E-state index is -0.364. The summed E-state index contributed by atoms with van der Waals surface area (Å²) in [5.74, 6) is -0.652. The van der Waals surface area contributed by atoms with Gasteiger partial charge in [-0.2, -0.15) is 0 Å². The van der Waals surface area contributed by atoms with Crippen LogP contribution in [0.25, 0.3) is 0 Å². The van der Waals surface area contributed by atoms with E-state index in [9.17, 15) is 9.90 Å². The minimum absolute atomic E-state index is 0.108. The Morgan fingerprint density at radius 2 is 2.23 bits per heavy atom. The standard InChI is InChI=1S/C9H10ClNO2/c1-5-2-6(11)9(7(12)3-5)8(13)4-10/h2-3,12H,4,11H2,1H3. The number of rotatable bonds is 2. The van der Waals surface area contributed by atoms with E-state index in [0.29, 0.717) is 0 Å². The summed E-state index contributed by atoms with van der Waals surface area (Å²) in [4.78, 5) is 11.2. The number of alkyl halides is 1. The van der Waals surface area contributed by atoms with Gasteiger partial charge in [0, 0.05) is 5.69 Å². The third-order valence-electron chi connectivity index (χ3n) is 1.69. The average molecular weight is 200 g/mol. The molecule has 1 aromatic carbocycles. The van der Waals surface area contributed by atoms with Gasteiger partial charge in [-0.05, 0) is 24.6 Å². The minimum Gasteiger partial charge on any atom is -0.507 e. The van der Waals surface area contributed by atoms with Gasteiger partial charge < -0.3 is 10.8 Å². The van der Waals surface area contributed by atoms with E-state index in [2.05, 4.69) is 0 Å². The van der Waals surface area contributed by atoms with E-state index in [1.165, 1.54) is 6.07 Å². The predicted molar refractivity (Wildman–Crippen MR) is 52.3 cm³/mol. The van der Waals surface area contributed by atoms with Crippen molar-refractivity contribution in [3.05, 3.63) is 23.3 Å². The van der Waals surface area contributed by atoms with E-state index >= 15 is 0 Å². The van der Waals surface area contributed by atoms with Crippen molar-refractivity contribution < 1.29 is 9.90 Å². The molecule has 0 heterocycles. The number of ketones is 1. The maximum absolute atomic E-state index is 11.2. The number of phenolic OH excluding ortho intramolecular Hbond substituents is 1. The lowest BCUT2D eigenvalue weighted by Crippen LogP contribution is -2.05. The van der Waals surface area contributed by atoms with Gasteiger partial charge in [-0.15, -0.1) is 11.6 Å². The number of nitrogens with two attached hydrogens (primary N) is 1. The first-order valence-electron chi connectivity index (χ1n) is 3.74. The lowest BCUT2D eigenvalue weighted by molar-refractivity contribution is 0.101. The van der Waals surface area contributed by atoms with Gasteiger partial charge in [-0.1, -0.05) is 0 Å². The van der Waals surface area contributed by atoms with Crippen LogP contribution in [-0.4, -0.2) is 16.8 Å². The summed E-state index contributed by atoms with van der Waals surface area (Å²) in [5.41, 5.74) is 6.74. The van der Waals surface area contributed by atoms with E-state index in [1.807, 2.05) is 0 Å². The quantitative estimate of drug-likeness (QED) is 0.433. The molecule has 0 saturated heterocycles. The number of hydrogen-bond donors (Lipinski definition) is 2. The smallest absolute Gasteiger partial charge is 0.183 e. The van der Waals surface area contributed by atoms with Crippen LogP contribution in [0.5, 0.6) is 5.75 Å². The first kappa shape index (κ1) is 9.86. The zero-order chi connectivity index (χ0) is 10.0. The van der Waals surface area contributed by atoms with Gasteiger partial charge in [0.2, 0.25) is 0 Å². The number of carbonyl (C=O) groups is 1. The summed E-state index contributed by atoms with van der Waals surface area (Å²) in [5, 5.41) is 9.41. The highest BCUT2D eigenvalue weighted by molar-refractivity contribution is 6.31. The van der Waals surface area contributed by atoms with Crippen molar-refractivity contribution in [3.63, 3.8) is 0 Å². The summed E-state index contributed by atoms with van der Waals surface area (Å²) < 4.78 is 0. The van der Waals surface area contributed by atoms with Crippen LogP contribution in [0.15, 0.2) is 12.1 Å². The van der Waals surface area contributed by atoms with Gasteiger partial charge in [0.1, 0.15) is 5.75 Å². The Morgan fingerprint density at radius 1 is 1.62 bits per heavy atom. The van der Waals surface area contributed by atoms with Gasteiger partial charge >= 0.3 is 0 Å². The van der Waals surface area contributed by atoms with Gasteiger partial charge in [-0.3, -0.25) is 4.79 Å². The molecular weight excluding hydrogens is 190 g/mol. The molecule has 4 heteroatoms. The number of benzene rings is 1. The van der Waals surface area contributed by atoms with Crippen molar-refractivity contribution >= 4 is 23.1 Å². The highest BCUT2D eigenvalue weighted by atomic mass is 35.5. The van der Waals surface area contributed by atoms with Crippen molar-refractivity contribution in [3.8, 4) is 5.75 Å². The van der Waals surface area contributed by atoms with Crippen LogP contribution in [0.1, 0.15) is 15.9 Å². The molecule has 0 spiro atoms. The SMILES string of the molecule is Cc1cc(N)c(C(=O)CCl)c(O)c1. The topological polar surface area (TPSA) is 63.3 Å². The molecule has 0 fully saturated rings. The number of anilines is 1. The molecule has 1 rings (SSSR count). The van der Waals surface area contributed by atoms with Gasteiger partial charge in [-0.25, -0.2) is 0 Å². The lowest BCUT2D eigenvalue weighted by Gasteiger charge is -2.06. The largest absolute Gasteiger partial charge is 0.507 e. The zero-order valence-corrected chi connectivity index (χ0v) is 7.93. The van der Waals surface area contributed by atoms with Crippen LogP contribution in [0, 0.1) is 6.92 Å². The summed E-state index contributed by atoms with van der Waals surface area (Å²) in [6, 6.07) is 3.11. The van der Waals surface area contributed by atoms with Crippen molar-refractivity contribution in [2.75, 3.05) is 11.6 Å². The Kier molecular flexibility index (Phi) is 2.78. The number of halogens is 1. The summed E-state index contributed by atoms with van der Waals surface area (Å²) in [7, 11) is 0. The predicted octanol–water partition coefficient (Wildman–Crippen LogP) is 1.70. The monoisotopic (exact) mass is 199 g/mol. The van der Waals surface area contributed by atoms with E-state index < -0.39 is 0 Å². The molecule has 0 saturated carbocycles. The highest BCUT2D eigenvalue weighted by Gasteiger charge is 2.13. The molecular formula is C9H10ClNO2. The molecule has 0 aliphatic heterocycles. The molecule has 13 heavy (non-hydrogen) atoms. The van der Waals surface area contributed by atoms with Crippen LogP contribution >= 0.6 is 11.6 Å². The molecule has 70 valence electrons. The molecule has 0 radical (unpaired) electrons. The lowest BCUT2D eigenvalue weighted by atomic mass is 10.1. The van der Waals surface area contributed by atoms with Crippen LogP contribution < -0.4 is 5.73 Å². The fourth-order valence-electron chi connectivity index (χ4n) is 1.17. The third-order valence-corrected chi connectivity index (χ3v) is 1.94. The molecule has 0 aromatic heterocycles. The van der Waals surface area contributed by atoms with E-state index in [1.54, 1.807) is 13.0 Å². The number of aromatic hydroxyl groups is 1. The van der Waals surface area contributed by atoms with E-state index in [4.69, 9.17) is 17.3 Å². The third kappa shape index (κ3) is 1.92. The molecule has 0 unspecified atom stereocenters. The van der Waals surface area contributed by atoms with Crippen LogP contribution in [0.3, 0.4) is 0 Å². The van der Waals surface area contributed by atoms with Gasteiger partial charge in [0.25, 0.3) is 0 Å². The van der Waals surface area contributed by atoms with Crippen molar-refractivity contribution in [1.82, 2.24) is 0 Å². The number of aryl methyl sites for hydroxylation is 1. The number of Topliss-reactive ketones (excluding diaryl/α,β-unsaturated/α-hetero) is 1. The fraction of sp³-hybridized carbons (Fsp3) is 0.222. The molecule has 0 amide bonds. The second-order valence-electron chi connectivity index (χ2n) is 2.81. The first-order valence-corrected chi connectivity index (χ1v) is 4.28. The molecule has 0 atom stereocenters. The Morgan fingerprint density at radius 3 is 2.69 bits per heavy atom. The van der Waals surface area contributed by atoms with Gasteiger partial charge in [0.15, 0.2) is 5.78 Å². The summed E-state index contributed by atoms with van der Waals surface area (Å²) in [6.07, 6.45) is 0. The second-order valence-corrected chi connectivity index (χ2v) is 3.07. The Hall–Kier alpha value is -1.22. The Labute approximate surface area is 81.1 Å². The zero-order valence-electron chi connectivity index (χ0n) is 7.17. The number of hydrogen-bond acceptors (Lipinski definition) is 3. The maximum atomic E-state index is 11.2. The number of nitrogen functional groups attached to an aromatic ring is 1. The normalized spacial score (nSPS) is 10.0. The second kappa shape index (κ2) is 3.66.